The van der Waals surface area contributed by atoms with Crippen molar-refractivity contribution >= 4 is 38.6 Å². The number of hydrogen-bond acceptors (Lipinski definition) is 1. The van der Waals surface area contributed by atoms with Gasteiger partial charge in [0.1, 0.15) is 5.82 Å². The largest absolute Gasteiger partial charge is 0.342 e. The lowest BCUT2D eigenvalue weighted by molar-refractivity contribution is 0.769. The number of aromatic nitrogens is 2. The number of benzene rings is 1. The number of aryl methyl sites for hydroxylation is 1. The Bertz CT molecular complexity index is 453. The Labute approximate surface area is 102 Å². The van der Waals surface area contributed by atoms with Gasteiger partial charge in [0, 0.05) is 16.8 Å². The standard InChI is InChI=1S/C11H12BrClN2/c12-8-4-5-9-10(7-8)15-11(14-9)3-1-2-6-13/h4-5,7H,1-3,6H2,(H,14,15). The fourth-order valence-corrected chi connectivity index (χ4v) is 2.09. The molecule has 2 aromatic rings. The second-order valence-corrected chi connectivity index (χ2v) is 4.78. The van der Waals surface area contributed by atoms with E-state index in [9.17, 15) is 0 Å². The summed E-state index contributed by atoms with van der Waals surface area (Å²) in [4.78, 5) is 7.82. The number of aromatic amines is 1. The highest BCUT2D eigenvalue weighted by atomic mass is 79.9. The molecule has 0 aliphatic rings. The fourth-order valence-electron chi connectivity index (χ4n) is 1.54. The van der Waals surface area contributed by atoms with Crippen molar-refractivity contribution in [3.8, 4) is 0 Å². The lowest BCUT2D eigenvalue weighted by Gasteiger charge is -1.93. The van der Waals surface area contributed by atoms with E-state index in [4.69, 9.17) is 11.6 Å². The first-order valence-electron chi connectivity index (χ1n) is 5.00. The summed E-state index contributed by atoms with van der Waals surface area (Å²) < 4.78 is 1.07. The summed E-state index contributed by atoms with van der Waals surface area (Å²) in [6.07, 6.45) is 3.10. The van der Waals surface area contributed by atoms with Gasteiger partial charge in [0.2, 0.25) is 0 Å². The Balaban J connectivity index is 2.16. The monoisotopic (exact) mass is 286 g/mol. The second-order valence-electron chi connectivity index (χ2n) is 3.49. The molecule has 0 saturated carbocycles. The Kier molecular flexibility index (Phi) is 3.65. The molecule has 4 heteroatoms. The summed E-state index contributed by atoms with van der Waals surface area (Å²) >= 11 is 9.07. The van der Waals surface area contributed by atoms with Crippen LogP contribution >= 0.6 is 27.5 Å². The fraction of sp³-hybridized carbons (Fsp3) is 0.364. The summed E-state index contributed by atoms with van der Waals surface area (Å²) in [5, 5.41) is 0. The van der Waals surface area contributed by atoms with Crippen molar-refractivity contribution < 1.29 is 0 Å². The van der Waals surface area contributed by atoms with Crippen LogP contribution in [0.1, 0.15) is 18.7 Å². The van der Waals surface area contributed by atoms with Crippen molar-refractivity contribution in [3.05, 3.63) is 28.5 Å². The van der Waals surface area contributed by atoms with Gasteiger partial charge < -0.3 is 4.98 Å². The average Bonchev–Trinajstić information content (AvgIpc) is 2.60. The number of H-pyrrole nitrogens is 1. The van der Waals surface area contributed by atoms with E-state index in [1.165, 1.54) is 0 Å². The highest BCUT2D eigenvalue weighted by Gasteiger charge is 2.02. The van der Waals surface area contributed by atoms with Gasteiger partial charge in [0.25, 0.3) is 0 Å². The summed E-state index contributed by atoms with van der Waals surface area (Å²) in [6, 6.07) is 6.07. The molecule has 0 spiro atoms. The van der Waals surface area contributed by atoms with Crippen LogP contribution in [0.25, 0.3) is 11.0 Å². The first kappa shape index (κ1) is 11.0. The molecule has 15 heavy (non-hydrogen) atoms. The van der Waals surface area contributed by atoms with Gasteiger partial charge in [-0.3, -0.25) is 0 Å². The molecule has 2 rings (SSSR count). The van der Waals surface area contributed by atoms with Crippen molar-refractivity contribution in [2.24, 2.45) is 0 Å². The van der Waals surface area contributed by atoms with Gasteiger partial charge in [-0.25, -0.2) is 4.98 Å². The number of nitrogens with zero attached hydrogens (tertiary/aromatic N) is 1. The third-order valence-electron chi connectivity index (χ3n) is 2.29. The van der Waals surface area contributed by atoms with Crippen LogP contribution in [0, 0.1) is 0 Å². The molecule has 1 aromatic carbocycles. The quantitative estimate of drug-likeness (QED) is 0.671. The molecule has 2 nitrogen and oxygen atoms in total. The van der Waals surface area contributed by atoms with E-state index in [0.29, 0.717) is 0 Å². The van der Waals surface area contributed by atoms with Crippen LogP contribution in [0.2, 0.25) is 0 Å². The van der Waals surface area contributed by atoms with Gasteiger partial charge in [0.05, 0.1) is 11.0 Å². The van der Waals surface area contributed by atoms with Crippen LogP contribution in [0.3, 0.4) is 0 Å². The van der Waals surface area contributed by atoms with E-state index in [1.807, 2.05) is 18.2 Å². The van der Waals surface area contributed by atoms with Crippen LogP contribution in [0.4, 0.5) is 0 Å². The molecule has 0 fully saturated rings. The molecule has 1 N–H and O–H groups in total. The maximum absolute atomic E-state index is 5.63. The Morgan fingerprint density at radius 3 is 3.00 bits per heavy atom. The molecule has 0 amide bonds. The zero-order chi connectivity index (χ0) is 10.7. The van der Waals surface area contributed by atoms with Crippen molar-refractivity contribution in [3.63, 3.8) is 0 Å². The minimum absolute atomic E-state index is 0.728. The Hall–Kier alpha value is -0.540. The molecule has 80 valence electrons. The maximum atomic E-state index is 5.63. The first-order chi connectivity index (χ1) is 7.29. The van der Waals surface area contributed by atoms with Crippen LogP contribution in [-0.4, -0.2) is 15.8 Å². The summed E-state index contributed by atoms with van der Waals surface area (Å²) in [7, 11) is 0. The van der Waals surface area contributed by atoms with E-state index in [0.717, 1.165) is 46.5 Å². The molecule has 0 aliphatic carbocycles. The lowest BCUT2D eigenvalue weighted by atomic mass is 10.2. The van der Waals surface area contributed by atoms with Gasteiger partial charge in [-0.05, 0) is 31.0 Å². The number of alkyl halides is 1. The SMILES string of the molecule is ClCCCCc1nc2ccc(Br)cc2[nH]1. The third-order valence-corrected chi connectivity index (χ3v) is 3.05. The molecule has 0 radical (unpaired) electrons. The zero-order valence-corrected chi connectivity index (χ0v) is 10.6. The van der Waals surface area contributed by atoms with E-state index in [2.05, 4.69) is 25.9 Å². The van der Waals surface area contributed by atoms with Crippen LogP contribution in [-0.2, 0) is 6.42 Å². The van der Waals surface area contributed by atoms with Crippen molar-refractivity contribution in [1.29, 1.82) is 0 Å². The smallest absolute Gasteiger partial charge is 0.107 e. The van der Waals surface area contributed by atoms with Gasteiger partial charge >= 0.3 is 0 Å². The van der Waals surface area contributed by atoms with Gasteiger partial charge in [0.15, 0.2) is 0 Å². The summed E-state index contributed by atoms with van der Waals surface area (Å²) in [5.74, 6) is 1.78. The van der Waals surface area contributed by atoms with E-state index in [-0.39, 0.29) is 0 Å². The van der Waals surface area contributed by atoms with E-state index in [1.54, 1.807) is 0 Å². The van der Waals surface area contributed by atoms with Crippen molar-refractivity contribution in [1.82, 2.24) is 9.97 Å². The van der Waals surface area contributed by atoms with E-state index >= 15 is 0 Å². The molecule has 0 aliphatic heterocycles. The first-order valence-corrected chi connectivity index (χ1v) is 6.32. The number of nitrogens with one attached hydrogen (secondary N) is 1. The van der Waals surface area contributed by atoms with Gasteiger partial charge in [-0.15, -0.1) is 11.6 Å². The highest BCUT2D eigenvalue weighted by molar-refractivity contribution is 9.10. The molecule has 1 heterocycles. The maximum Gasteiger partial charge on any atom is 0.107 e. The Morgan fingerprint density at radius 2 is 2.20 bits per heavy atom. The molecule has 0 unspecified atom stereocenters. The number of rotatable bonds is 4. The van der Waals surface area contributed by atoms with Crippen molar-refractivity contribution in [2.45, 2.75) is 19.3 Å². The predicted molar refractivity (Wildman–Crippen MR) is 67.5 cm³/mol. The van der Waals surface area contributed by atoms with Crippen LogP contribution in [0.15, 0.2) is 22.7 Å². The van der Waals surface area contributed by atoms with Crippen LogP contribution in [0.5, 0.6) is 0 Å². The lowest BCUT2D eigenvalue weighted by Crippen LogP contribution is -1.88. The normalized spacial score (nSPS) is 11.1. The molecular formula is C11H12BrClN2. The van der Waals surface area contributed by atoms with Gasteiger partial charge in [-0.1, -0.05) is 15.9 Å². The van der Waals surface area contributed by atoms with E-state index < -0.39 is 0 Å². The number of imidazole rings is 1. The predicted octanol–water partition coefficient (Wildman–Crippen LogP) is 3.89. The topological polar surface area (TPSA) is 28.7 Å². The molecule has 0 atom stereocenters. The highest BCUT2D eigenvalue weighted by Crippen LogP contribution is 2.18. The minimum Gasteiger partial charge on any atom is -0.342 e. The van der Waals surface area contributed by atoms with Crippen molar-refractivity contribution in [2.75, 3.05) is 5.88 Å². The second kappa shape index (κ2) is 4.99. The average molecular weight is 288 g/mol. The number of fused-ring (bicyclic) bond motifs is 1. The zero-order valence-electron chi connectivity index (χ0n) is 8.26. The molecule has 1 aromatic heterocycles. The third kappa shape index (κ3) is 2.73. The van der Waals surface area contributed by atoms with Gasteiger partial charge in [-0.2, -0.15) is 0 Å². The number of hydrogen-bond donors (Lipinski definition) is 1. The molecular weight excluding hydrogens is 275 g/mol. The number of halogens is 2. The van der Waals surface area contributed by atoms with Crippen LogP contribution < -0.4 is 0 Å². The summed E-state index contributed by atoms with van der Waals surface area (Å²) in [6.45, 7) is 0. The number of unbranched alkanes of at least 4 members (excludes halogenated alkanes) is 1. The Morgan fingerprint density at radius 1 is 1.33 bits per heavy atom. The molecule has 0 bridgehead atoms. The molecule has 0 saturated heterocycles. The minimum atomic E-state index is 0.728. The summed E-state index contributed by atoms with van der Waals surface area (Å²) in [5.41, 5.74) is 2.12.